The van der Waals surface area contributed by atoms with Crippen molar-refractivity contribution >= 4 is 16.7 Å². The van der Waals surface area contributed by atoms with Gasteiger partial charge in [-0.15, -0.1) is 0 Å². The molecule has 0 bridgehead atoms. The number of ether oxygens (including phenoxy) is 3. The van der Waals surface area contributed by atoms with Crippen molar-refractivity contribution in [2.75, 3.05) is 21.0 Å². The maximum Gasteiger partial charge on any atom is 0.255 e. The fourth-order valence-electron chi connectivity index (χ4n) is 4.24. The monoisotopic (exact) mass is 375 g/mol. The average Bonchev–Trinajstić information content (AvgIpc) is 3.26. The van der Waals surface area contributed by atoms with Crippen LogP contribution in [0, 0.1) is 13.8 Å². The summed E-state index contributed by atoms with van der Waals surface area (Å²) < 4.78 is 16.9. The third kappa shape index (κ3) is 2.22. The molecule has 0 atom stereocenters. The molecular formula is C23H21NO4. The zero-order valence-electron chi connectivity index (χ0n) is 16.4. The fourth-order valence-corrected chi connectivity index (χ4v) is 4.24. The Hall–Kier alpha value is -3.21. The first kappa shape index (κ1) is 16.9. The number of amides is 1. The van der Waals surface area contributed by atoms with E-state index in [0.717, 1.165) is 39.0 Å². The molecule has 5 rings (SSSR count). The predicted molar refractivity (Wildman–Crippen MR) is 107 cm³/mol. The van der Waals surface area contributed by atoms with Crippen LogP contribution < -0.4 is 14.2 Å². The van der Waals surface area contributed by atoms with E-state index in [9.17, 15) is 4.79 Å². The van der Waals surface area contributed by atoms with Crippen molar-refractivity contribution in [1.82, 2.24) is 4.90 Å². The molecule has 2 aliphatic rings. The highest BCUT2D eigenvalue weighted by atomic mass is 16.7. The molecule has 0 fully saturated rings. The van der Waals surface area contributed by atoms with Crippen molar-refractivity contribution in [3.05, 3.63) is 52.6 Å². The van der Waals surface area contributed by atoms with Gasteiger partial charge in [-0.05, 0) is 54.1 Å². The molecule has 5 nitrogen and oxygen atoms in total. The quantitative estimate of drug-likeness (QED) is 0.664. The summed E-state index contributed by atoms with van der Waals surface area (Å²) in [5.41, 5.74) is 5.91. The Balaban J connectivity index is 1.93. The van der Waals surface area contributed by atoms with Crippen molar-refractivity contribution < 1.29 is 19.0 Å². The Bertz CT molecular complexity index is 1170. The summed E-state index contributed by atoms with van der Waals surface area (Å²) >= 11 is 0. The summed E-state index contributed by atoms with van der Waals surface area (Å²) in [7, 11) is 3.50. The normalized spacial score (nSPS) is 14.7. The lowest BCUT2D eigenvalue weighted by molar-refractivity contribution is 0.0817. The van der Waals surface area contributed by atoms with Crippen LogP contribution >= 0.6 is 0 Å². The molecule has 2 aliphatic heterocycles. The number of methoxy groups -OCH3 is 1. The molecular weight excluding hydrogens is 354 g/mol. The van der Waals surface area contributed by atoms with Crippen LogP contribution in [0.3, 0.4) is 0 Å². The van der Waals surface area contributed by atoms with E-state index < -0.39 is 0 Å². The first-order valence-corrected chi connectivity index (χ1v) is 9.29. The Morgan fingerprint density at radius 3 is 2.43 bits per heavy atom. The molecule has 0 unspecified atom stereocenters. The van der Waals surface area contributed by atoms with Crippen LogP contribution in [-0.2, 0) is 6.54 Å². The SMILES string of the molecule is COc1c2c(c(-c3ccc4c(c3)OCO4)c3cc(C)c(C)cc13)C(=O)N(C)C2. The number of benzene rings is 3. The van der Waals surface area contributed by atoms with Crippen molar-refractivity contribution in [3.8, 4) is 28.4 Å². The van der Waals surface area contributed by atoms with E-state index in [1.165, 1.54) is 11.1 Å². The first-order valence-electron chi connectivity index (χ1n) is 9.29. The van der Waals surface area contributed by atoms with Gasteiger partial charge in [-0.2, -0.15) is 0 Å². The van der Waals surface area contributed by atoms with Gasteiger partial charge in [0.1, 0.15) is 5.75 Å². The molecule has 0 saturated heterocycles. The van der Waals surface area contributed by atoms with Gasteiger partial charge in [0.25, 0.3) is 5.91 Å². The van der Waals surface area contributed by atoms with E-state index in [1.54, 1.807) is 12.0 Å². The maximum absolute atomic E-state index is 13.1. The summed E-state index contributed by atoms with van der Waals surface area (Å²) in [6, 6.07) is 10.2. The van der Waals surface area contributed by atoms with Gasteiger partial charge in [0.15, 0.2) is 11.5 Å². The van der Waals surface area contributed by atoms with Crippen molar-refractivity contribution in [3.63, 3.8) is 0 Å². The number of nitrogens with zero attached hydrogens (tertiary/aromatic N) is 1. The zero-order chi connectivity index (χ0) is 19.6. The van der Waals surface area contributed by atoms with Gasteiger partial charge in [0.05, 0.1) is 19.2 Å². The minimum atomic E-state index is 0.0149. The first-order chi connectivity index (χ1) is 13.5. The number of carbonyl (C=O) groups excluding carboxylic acids is 1. The van der Waals surface area contributed by atoms with E-state index in [1.807, 2.05) is 25.2 Å². The van der Waals surface area contributed by atoms with Crippen molar-refractivity contribution in [2.24, 2.45) is 0 Å². The second kappa shape index (κ2) is 5.89. The standard InChI is InChI=1S/C23H21NO4/c1-12-7-15-16(8-13(12)2)22(26-4)17-10-24(3)23(25)21(17)20(15)14-5-6-18-19(9-14)28-11-27-18/h5-9H,10-11H2,1-4H3. The largest absolute Gasteiger partial charge is 0.496 e. The second-order valence-electron chi connectivity index (χ2n) is 7.47. The summed E-state index contributed by atoms with van der Waals surface area (Å²) in [4.78, 5) is 14.8. The number of hydrogen-bond donors (Lipinski definition) is 0. The van der Waals surface area contributed by atoms with Gasteiger partial charge in [0, 0.05) is 23.6 Å². The van der Waals surface area contributed by atoms with Crippen LogP contribution in [0.5, 0.6) is 17.2 Å². The van der Waals surface area contributed by atoms with Crippen LogP contribution in [0.2, 0.25) is 0 Å². The minimum absolute atomic E-state index is 0.0149. The van der Waals surface area contributed by atoms with E-state index in [0.29, 0.717) is 17.9 Å². The number of hydrogen-bond acceptors (Lipinski definition) is 4. The molecule has 0 aliphatic carbocycles. The van der Waals surface area contributed by atoms with Gasteiger partial charge in [0.2, 0.25) is 6.79 Å². The molecule has 142 valence electrons. The molecule has 0 spiro atoms. The lowest BCUT2D eigenvalue weighted by Gasteiger charge is -2.18. The van der Waals surface area contributed by atoms with Gasteiger partial charge >= 0.3 is 0 Å². The molecule has 1 amide bonds. The molecule has 28 heavy (non-hydrogen) atoms. The highest BCUT2D eigenvalue weighted by Gasteiger charge is 2.34. The Morgan fingerprint density at radius 2 is 1.68 bits per heavy atom. The fraction of sp³-hybridized carbons (Fsp3) is 0.261. The number of aryl methyl sites for hydroxylation is 2. The Kier molecular flexibility index (Phi) is 3.56. The second-order valence-corrected chi connectivity index (χ2v) is 7.47. The highest BCUT2D eigenvalue weighted by molar-refractivity contribution is 6.15. The minimum Gasteiger partial charge on any atom is -0.496 e. The smallest absolute Gasteiger partial charge is 0.255 e. The average molecular weight is 375 g/mol. The van der Waals surface area contributed by atoms with Gasteiger partial charge in [-0.25, -0.2) is 0 Å². The molecule has 0 aromatic heterocycles. The number of rotatable bonds is 2. The van der Waals surface area contributed by atoms with E-state index in [4.69, 9.17) is 14.2 Å². The van der Waals surface area contributed by atoms with E-state index >= 15 is 0 Å². The maximum atomic E-state index is 13.1. The topological polar surface area (TPSA) is 48.0 Å². The van der Waals surface area contributed by atoms with Crippen LogP contribution in [0.25, 0.3) is 21.9 Å². The summed E-state index contributed by atoms with van der Waals surface area (Å²) in [6.45, 7) is 4.95. The predicted octanol–water partition coefficient (Wildman–Crippen LogP) is 4.45. The van der Waals surface area contributed by atoms with Crippen molar-refractivity contribution in [1.29, 1.82) is 0 Å². The van der Waals surface area contributed by atoms with Crippen LogP contribution in [0.4, 0.5) is 0 Å². The highest BCUT2D eigenvalue weighted by Crippen LogP contribution is 2.47. The van der Waals surface area contributed by atoms with Gasteiger partial charge < -0.3 is 19.1 Å². The molecule has 0 saturated carbocycles. The zero-order valence-corrected chi connectivity index (χ0v) is 16.4. The molecule has 3 aromatic carbocycles. The van der Waals surface area contributed by atoms with E-state index in [2.05, 4.69) is 26.0 Å². The number of carbonyl (C=O) groups is 1. The van der Waals surface area contributed by atoms with Crippen LogP contribution in [0.1, 0.15) is 27.0 Å². The van der Waals surface area contributed by atoms with Crippen LogP contribution in [0.15, 0.2) is 30.3 Å². The summed E-state index contributed by atoms with van der Waals surface area (Å²) in [5.74, 6) is 2.24. The van der Waals surface area contributed by atoms with Crippen molar-refractivity contribution in [2.45, 2.75) is 20.4 Å². The molecule has 0 N–H and O–H groups in total. The third-order valence-electron chi connectivity index (χ3n) is 5.79. The molecule has 3 aromatic rings. The lowest BCUT2D eigenvalue weighted by Crippen LogP contribution is -2.18. The molecule has 5 heteroatoms. The summed E-state index contributed by atoms with van der Waals surface area (Å²) in [6.07, 6.45) is 0. The van der Waals surface area contributed by atoms with E-state index in [-0.39, 0.29) is 12.7 Å². The Labute approximate surface area is 163 Å². The van der Waals surface area contributed by atoms with Gasteiger partial charge in [-0.3, -0.25) is 4.79 Å². The van der Waals surface area contributed by atoms with Crippen LogP contribution in [-0.4, -0.2) is 31.8 Å². The molecule has 2 heterocycles. The lowest BCUT2D eigenvalue weighted by atomic mass is 9.88. The summed E-state index contributed by atoms with van der Waals surface area (Å²) in [5, 5.41) is 2.04. The molecule has 0 radical (unpaired) electrons. The Morgan fingerprint density at radius 1 is 0.964 bits per heavy atom. The van der Waals surface area contributed by atoms with Gasteiger partial charge in [-0.1, -0.05) is 12.1 Å². The number of fused-ring (bicyclic) bond motifs is 3. The third-order valence-corrected chi connectivity index (χ3v) is 5.79.